The topological polar surface area (TPSA) is 28.4 Å². The van der Waals surface area contributed by atoms with Gasteiger partial charge in [-0.1, -0.05) is 6.42 Å². The molecule has 0 aliphatic carbocycles. The second-order valence-corrected chi connectivity index (χ2v) is 7.21. The molecule has 3 nitrogen and oxygen atoms in total. The molecule has 1 saturated heterocycles. The Balaban J connectivity index is 1.96. The van der Waals surface area contributed by atoms with Gasteiger partial charge >= 0.3 is 0 Å². The van der Waals surface area contributed by atoms with E-state index in [1.54, 1.807) is 0 Å². The fraction of sp³-hybridized carbons (Fsp3) is 0.765. The molecular weight excluding hydrogens is 248 g/mol. The maximum atomic E-state index is 5.95. The monoisotopic (exact) mass is 278 g/mol. The molecule has 2 heterocycles. The zero-order valence-corrected chi connectivity index (χ0v) is 13.8. The van der Waals surface area contributed by atoms with Crippen LogP contribution in [0.5, 0.6) is 0 Å². The minimum Gasteiger partial charge on any atom is -0.465 e. The number of aryl methyl sites for hydroxylation is 1. The van der Waals surface area contributed by atoms with E-state index < -0.39 is 0 Å². The lowest BCUT2D eigenvalue weighted by atomic mass is 10.0. The highest BCUT2D eigenvalue weighted by molar-refractivity contribution is 5.21. The molecule has 1 aromatic heterocycles. The fourth-order valence-electron chi connectivity index (χ4n) is 2.79. The number of nitrogens with one attached hydrogen (secondary N) is 1. The molecule has 0 bridgehead atoms. The Kier molecular flexibility index (Phi) is 4.92. The number of furan rings is 1. The standard InChI is InChI=1S/C17H30N2O/c1-13-8-6-7-9-19(13)12-16-10-15(14(2)20-16)11-18-17(3,4)5/h10,13,18H,6-9,11-12H2,1-5H3. The first-order chi connectivity index (χ1) is 9.35. The second-order valence-electron chi connectivity index (χ2n) is 7.21. The van der Waals surface area contributed by atoms with E-state index in [4.69, 9.17) is 4.42 Å². The van der Waals surface area contributed by atoms with E-state index in [1.807, 2.05) is 0 Å². The highest BCUT2D eigenvalue weighted by atomic mass is 16.3. The second kappa shape index (κ2) is 6.31. The summed E-state index contributed by atoms with van der Waals surface area (Å²) in [5.74, 6) is 2.17. The molecule has 0 amide bonds. The summed E-state index contributed by atoms with van der Waals surface area (Å²) < 4.78 is 5.95. The minimum absolute atomic E-state index is 0.144. The van der Waals surface area contributed by atoms with Crippen LogP contribution in [-0.2, 0) is 13.1 Å². The van der Waals surface area contributed by atoms with Crippen LogP contribution in [0, 0.1) is 6.92 Å². The van der Waals surface area contributed by atoms with Gasteiger partial charge in [0.15, 0.2) is 0 Å². The molecule has 0 aromatic carbocycles. The highest BCUT2D eigenvalue weighted by Crippen LogP contribution is 2.22. The van der Waals surface area contributed by atoms with Gasteiger partial charge in [0.25, 0.3) is 0 Å². The first kappa shape index (κ1) is 15.6. The van der Waals surface area contributed by atoms with Crippen molar-refractivity contribution in [1.82, 2.24) is 10.2 Å². The van der Waals surface area contributed by atoms with Gasteiger partial charge in [-0.25, -0.2) is 0 Å². The number of rotatable bonds is 4. The van der Waals surface area contributed by atoms with Gasteiger partial charge in [0.2, 0.25) is 0 Å². The summed E-state index contributed by atoms with van der Waals surface area (Å²) in [5.41, 5.74) is 1.44. The predicted octanol–water partition coefficient (Wildman–Crippen LogP) is 3.85. The molecular formula is C17H30N2O. The van der Waals surface area contributed by atoms with E-state index >= 15 is 0 Å². The molecule has 1 aromatic rings. The lowest BCUT2D eigenvalue weighted by Gasteiger charge is -2.32. The van der Waals surface area contributed by atoms with Crippen molar-refractivity contribution in [2.75, 3.05) is 6.54 Å². The van der Waals surface area contributed by atoms with Crippen molar-refractivity contribution in [3.63, 3.8) is 0 Å². The van der Waals surface area contributed by atoms with Crippen LogP contribution in [0.25, 0.3) is 0 Å². The molecule has 3 heteroatoms. The molecule has 1 unspecified atom stereocenters. The van der Waals surface area contributed by atoms with Crippen molar-refractivity contribution < 1.29 is 4.42 Å². The fourth-order valence-corrected chi connectivity index (χ4v) is 2.79. The maximum absolute atomic E-state index is 5.95. The summed E-state index contributed by atoms with van der Waals surface area (Å²) in [5, 5.41) is 3.53. The van der Waals surface area contributed by atoms with Crippen LogP contribution in [0.2, 0.25) is 0 Å². The Bertz CT molecular complexity index is 431. The van der Waals surface area contributed by atoms with Gasteiger partial charge in [0, 0.05) is 23.7 Å². The molecule has 1 fully saturated rings. The molecule has 2 rings (SSSR count). The predicted molar refractivity (Wildman–Crippen MR) is 83.8 cm³/mol. The van der Waals surface area contributed by atoms with Crippen LogP contribution >= 0.6 is 0 Å². The van der Waals surface area contributed by atoms with E-state index in [1.165, 1.54) is 31.4 Å². The van der Waals surface area contributed by atoms with E-state index in [0.29, 0.717) is 6.04 Å². The third-order valence-electron chi connectivity index (χ3n) is 4.18. The quantitative estimate of drug-likeness (QED) is 0.907. The molecule has 1 aliphatic heterocycles. The van der Waals surface area contributed by atoms with Crippen molar-refractivity contribution in [2.24, 2.45) is 0 Å². The first-order valence-electron chi connectivity index (χ1n) is 7.92. The normalized spacial score (nSPS) is 21.4. The number of hydrogen-bond donors (Lipinski definition) is 1. The zero-order valence-electron chi connectivity index (χ0n) is 13.8. The first-order valence-corrected chi connectivity index (χ1v) is 7.92. The third kappa shape index (κ3) is 4.35. The number of nitrogens with zero attached hydrogens (tertiary/aromatic N) is 1. The third-order valence-corrected chi connectivity index (χ3v) is 4.18. The van der Waals surface area contributed by atoms with Gasteiger partial charge < -0.3 is 9.73 Å². The van der Waals surface area contributed by atoms with Gasteiger partial charge in [0.1, 0.15) is 11.5 Å². The largest absolute Gasteiger partial charge is 0.465 e. The van der Waals surface area contributed by atoms with Crippen LogP contribution in [0.15, 0.2) is 10.5 Å². The summed E-state index contributed by atoms with van der Waals surface area (Å²) >= 11 is 0. The average Bonchev–Trinajstić information content (AvgIpc) is 2.69. The Morgan fingerprint density at radius 1 is 1.35 bits per heavy atom. The molecule has 1 N–H and O–H groups in total. The van der Waals surface area contributed by atoms with Gasteiger partial charge in [-0.05, 0) is 60.1 Å². The summed E-state index contributed by atoms with van der Waals surface area (Å²) in [6, 6.07) is 2.92. The van der Waals surface area contributed by atoms with Crippen LogP contribution in [0.1, 0.15) is 64.0 Å². The zero-order chi connectivity index (χ0) is 14.8. The number of piperidine rings is 1. The summed E-state index contributed by atoms with van der Waals surface area (Å²) in [6.07, 6.45) is 4.01. The van der Waals surface area contributed by atoms with Crippen molar-refractivity contribution in [3.05, 3.63) is 23.2 Å². The van der Waals surface area contributed by atoms with Crippen LogP contribution in [0.3, 0.4) is 0 Å². The van der Waals surface area contributed by atoms with E-state index in [2.05, 4.69) is 50.9 Å². The van der Waals surface area contributed by atoms with Crippen LogP contribution in [0.4, 0.5) is 0 Å². The number of hydrogen-bond acceptors (Lipinski definition) is 3. The highest BCUT2D eigenvalue weighted by Gasteiger charge is 2.20. The van der Waals surface area contributed by atoms with E-state index in [-0.39, 0.29) is 5.54 Å². The minimum atomic E-state index is 0.144. The molecule has 20 heavy (non-hydrogen) atoms. The molecule has 0 spiro atoms. The maximum Gasteiger partial charge on any atom is 0.118 e. The lowest BCUT2D eigenvalue weighted by molar-refractivity contribution is 0.141. The number of likely N-dealkylation sites (tertiary alicyclic amines) is 1. The Labute approximate surface area is 123 Å². The Morgan fingerprint density at radius 2 is 2.10 bits per heavy atom. The molecule has 1 atom stereocenters. The van der Waals surface area contributed by atoms with Crippen LogP contribution < -0.4 is 5.32 Å². The Hall–Kier alpha value is -0.800. The summed E-state index contributed by atoms with van der Waals surface area (Å²) in [6.45, 7) is 14.0. The molecule has 0 saturated carbocycles. The Morgan fingerprint density at radius 3 is 2.75 bits per heavy atom. The molecule has 114 valence electrons. The average molecular weight is 278 g/mol. The van der Waals surface area contributed by atoms with Crippen molar-refractivity contribution in [3.8, 4) is 0 Å². The van der Waals surface area contributed by atoms with Gasteiger partial charge in [-0.2, -0.15) is 0 Å². The molecule has 0 radical (unpaired) electrons. The van der Waals surface area contributed by atoms with Crippen molar-refractivity contribution >= 4 is 0 Å². The van der Waals surface area contributed by atoms with Crippen molar-refractivity contribution in [1.29, 1.82) is 0 Å². The summed E-state index contributed by atoms with van der Waals surface area (Å²) in [7, 11) is 0. The van der Waals surface area contributed by atoms with E-state index in [9.17, 15) is 0 Å². The summed E-state index contributed by atoms with van der Waals surface area (Å²) in [4.78, 5) is 2.54. The van der Waals surface area contributed by atoms with E-state index in [0.717, 1.165) is 24.6 Å². The van der Waals surface area contributed by atoms with Crippen LogP contribution in [-0.4, -0.2) is 23.0 Å². The van der Waals surface area contributed by atoms with Gasteiger partial charge in [-0.3, -0.25) is 4.90 Å². The lowest BCUT2D eigenvalue weighted by Crippen LogP contribution is -2.36. The van der Waals surface area contributed by atoms with Gasteiger partial charge in [-0.15, -0.1) is 0 Å². The van der Waals surface area contributed by atoms with Crippen molar-refractivity contribution in [2.45, 2.75) is 78.6 Å². The molecule has 1 aliphatic rings. The SMILES string of the molecule is Cc1oc(CN2CCCCC2C)cc1CNC(C)(C)C. The smallest absolute Gasteiger partial charge is 0.118 e. The van der Waals surface area contributed by atoms with Gasteiger partial charge in [0.05, 0.1) is 6.54 Å².